The SMILES string of the molecule is Cc1csc(NC(=O)CCSc2nc3ccccc3o2)n1. The van der Waals surface area contributed by atoms with Gasteiger partial charge in [0.2, 0.25) is 5.91 Å². The lowest BCUT2D eigenvalue weighted by Gasteiger charge is -1.99. The van der Waals surface area contributed by atoms with Crippen molar-refractivity contribution < 1.29 is 9.21 Å². The highest BCUT2D eigenvalue weighted by Gasteiger charge is 2.08. The van der Waals surface area contributed by atoms with Gasteiger partial charge in [0.05, 0.1) is 5.69 Å². The first-order valence-electron chi connectivity index (χ1n) is 6.41. The Kier molecular flexibility index (Phi) is 4.21. The lowest BCUT2D eigenvalue weighted by molar-refractivity contribution is -0.115. The molecule has 21 heavy (non-hydrogen) atoms. The highest BCUT2D eigenvalue weighted by atomic mass is 32.2. The maximum atomic E-state index is 11.8. The average Bonchev–Trinajstić information content (AvgIpc) is 3.04. The molecule has 2 aromatic heterocycles. The average molecular weight is 319 g/mol. The summed E-state index contributed by atoms with van der Waals surface area (Å²) in [6.45, 7) is 1.90. The van der Waals surface area contributed by atoms with Crippen LogP contribution in [0.3, 0.4) is 0 Å². The molecular weight excluding hydrogens is 306 g/mol. The maximum absolute atomic E-state index is 11.8. The van der Waals surface area contributed by atoms with Crippen LogP contribution in [0.25, 0.3) is 11.1 Å². The number of aromatic nitrogens is 2. The Hall–Kier alpha value is -1.86. The lowest BCUT2D eigenvalue weighted by atomic mass is 10.3. The molecular formula is C14H13N3O2S2. The molecule has 0 aliphatic heterocycles. The predicted molar refractivity (Wildman–Crippen MR) is 84.8 cm³/mol. The largest absolute Gasteiger partial charge is 0.431 e. The van der Waals surface area contributed by atoms with Crippen LogP contribution in [0.15, 0.2) is 39.3 Å². The van der Waals surface area contributed by atoms with E-state index in [1.807, 2.05) is 36.6 Å². The molecule has 0 aliphatic carbocycles. The molecule has 3 rings (SSSR count). The van der Waals surface area contributed by atoms with Crippen LogP contribution < -0.4 is 5.32 Å². The molecule has 0 atom stereocenters. The van der Waals surface area contributed by atoms with Gasteiger partial charge in [0.25, 0.3) is 5.22 Å². The van der Waals surface area contributed by atoms with Crippen molar-refractivity contribution in [2.75, 3.05) is 11.1 Å². The highest BCUT2D eigenvalue weighted by molar-refractivity contribution is 7.99. The van der Waals surface area contributed by atoms with Gasteiger partial charge >= 0.3 is 0 Å². The van der Waals surface area contributed by atoms with Crippen LogP contribution in [0.5, 0.6) is 0 Å². The van der Waals surface area contributed by atoms with Crippen molar-refractivity contribution in [1.82, 2.24) is 9.97 Å². The van der Waals surface area contributed by atoms with Gasteiger partial charge in [0, 0.05) is 17.6 Å². The molecule has 108 valence electrons. The number of carbonyl (C=O) groups excluding carboxylic acids is 1. The quantitative estimate of drug-likeness (QED) is 0.726. The summed E-state index contributed by atoms with van der Waals surface area (Å²) >= 11 is 2.86. The fourth-order valence-corrected chi connectivity index (χ4v) is 3.22. The van der Waals surface area contributed by atoms with E-state index in [9.17, 15) is 4.79 Å². The van der Waals surface area contributed by atoms with Crippen LogP contribution in [0.1, 0.15) is 12.1 Å². The number of rotatable bonds is 5. The second-order valence-electron chi connectivity index (χ2n) is 4.39. The summed E-state index contributed by atoms with van der Waals surface area (Å²) in [4.78, 5) is 20.3. The molecule has 0 spiro atoms. The van der Waals surface area contributed by atoms with E-state index in [4.69, 9.17) is 4.42 Å². The summed E-state index contributed by atoms with van der Waals surface area (Å²) in [5.74, 6) is 0.566. The van der Waals surface area contributed by atoms with Crippen molar-refractivity contribution in [3.63, 3.8) is 0 Å². The van der Waals surface area contributed by atoms with Gasteiger partial charge in [0.1, 0.15) is 5.52 Å². The lowest BCUT2D eigenvalue weighted by Crippen LogP contribution is -2.11. The van der Waals surface area contributed by atoms with Gasteiger partial charge in [0.15, 0.2) is 10.7 Å². The third kappa shape index (κ3) is 3.62. The van der Waals surface area contributed by atoms with Crippen molar-refractivity contribution in [2.24, 2.45) is 0 Å². The Morgan fingerprint density at radius 3 is 3.00 bits per heavy atom. The van der Waals surface area contributed by atoms with Crippen molar-refractivity contribution >= 4 is 45.2 Å². The molecule has 2 heterocycles. The van der Waals surface area contributed by atoms with Crippen molar-refractivity contribution in [1.29, 1.82) is 0 Å². The zero-order valence-electron chi connectivity index (χ0n) is 11.3. The van der Waals surface area contributed by atoms with Gasteiger partial charge in [-0.1, -0.05) is 23.9 Å². The number of benzene rings is 1. The molecule has 3 aromatic rings. The molecule has 1 aromatic carbocycles. The summed E-state index contributed by atoms with van der Waals surface area (Å²) < 4.78 is 5.58. The molecule has 0 aliphatic rings. The van der Waals surface area contributed by atoms with E-state index in [1.165, 1.54) is 23.1 Å². The van der Waals surface area contributed by atoms with Crippen LogP contribution >= 0.6 is 23.1 Å². The third-order valence-corrected chi connectivity index (χ3v) is 4.40. The van der Waals surface area contributed by atoms with Gasteiger partial charge in [-0.2, -0.15) is 0 Å². The summed E-state index contributed by atoms with van der Waals surface area (Å²) in [7, 11) is 0. The number of carbonyl (C=O) groups is 1. The fraction of sp³-hybridized carbons (Fsp3) is 0.214. The molecule has 1 amide bonds. The number of hydrogen-bond acceptors (Lipinski definition) is 6. The number of nitrogens with zero attached hydrogens (tertiary/aromatic N) is 2. The zero-order chi connectivity index (χ0) is 14.7. The minimum atomic E-state index is -0.0482. The predicted octanol–water partition coefficient (Wildman–Crippen LogP) is 3.71. The molecule has 1 N–H and O–H groups in total. The van der Waals surface area contributed by atoms with E-state index >= 15 is 0 Å². The second kappa shape index (κ2) is 6.28. The van der Waals surface area contributed by atoms with Gasteiger partial charge < -0.3 is 9.73 Å². The van der Waals surface area contributed by atoms with Gasteiger partial charge in [-0.15, -0.1) is 11.3 Å². The Morgan fingerprint density at radius 1 is 1.38 bits per heavy atom. The smallest absolute Gasteiger partial charge is 0.256 e. The number of thioether (sulfide) groups is 1. The maximum Gasteiger partial charge on any atom is 0.256 e. The number of nitrogens with one attached hydrogen (secondary N) is 1. The van der Waals surface area contributed by atoms with E-state index in [1.54, 1.807) is 0 Å². The number of hydrogen-bond donors (Lipinski definition) is 1. The Morgan fingerprint density at radius 2 is 2.24 bits per heavy atom. The van der Waals surface area contributed by atoms with Crippen LogP contribution in [0.4, 0.5) is 5.13 Å². The molecule has 0 saturated carbocycles. The van der Waals surface area contributed by atoms with Crippen LogP contribution in [-0.2, 0) is 4.79 Å². The highest BCUT2D eigenvalue weighted by Crippen LogP contribution is 2.23. The number of anilines is 1. The van der Waals surface area contributed by atoms with Crippen molar-refractivity contribution in [3.05, 3.63) is 35.3 Å². The molecule has 5 nitrogen and oxygen atoms in total. The van der Waals surface area contributed by atoms with Crippen molar-refractivity contribution in [3.8, 4) is 0 Å². The monoisotopic (exact) mass is 319 g/mol. The third-order valence-electron chi connectivity index (χ3n) is 2.69. The number of oxazole rings is 1. The van der Waals surface area contributed by atoms with Crippen molar-refractivity contribution in [2.45, 2.75) is 18.6 Å². The van der Waals surface area contributed by atoms with Crippen LogP contribution in [0.2, 0.25) is 0 Å². The van der Waals surface area contributed by atoms with Gasteiger partial charge in [-0.25, -0.2) is 9.97 Å². The van der Waals surface area contributed by atoms with Crippen LogP contribution in [-0.4, -0.2) is 21.6 Å². The number of aryl methyl sites for hydroxylation is 1. The van der Waals surface area contributed by atoms with Crippen LogP contribution in [0, 0.1) is 6.92 Å². The second-order valence-corrected chi connectivity index (χ2v) is 6.29. The summed E-state index contributed by atoms with van der Waals surface area (Å²) in [6.07, 6.45) is 0.391. The zero-order valence-corrected chi connectivity index (χ0v) is 13.0. The number of fused-ring (bicyclic) bond motifs is 1. The Balaban J connectivity index is 1.50. The van der Waals surface area contributed by atoms with E-state index in [-0.39, 0.29) is 5.91 Å². The number of amides is 1. The molecule has 0 fully saturated rings. The molecule has 7 heteroatoms. The first-order valence-corrected chi connectivity index (χ1v) is 8.27. The van der Waals surface area contributed by atoms with Gasteiger partial charge in [-0.05, 0) is 19.1 Å². The van der Waals surface area contributed by atoms with E-state index in [2.05, 4.69) is 15.3 Å². The molecule has 0 saturated heterocycles. The standard InChI is InChI=1S/C14H13N3O2S2/c1-9-8-21-13(15-9)17-12(18)6-7-20-14-16-10-4-2-3-5-11(10)19-14/h2-5,8H,6-7H2,1H3,(H,15,17,18). The normalized spacial score (nSPS) is 10.9. The van der Waals surface area contributed by atoms with E-state index < -0.39 is 0 Å². The molecule has 0 unspecified atom stereocenters. The first-order chi connectivity index (χ1) is 10.2. The van der Waals surface area contributed by atoms with Gasteiger partial charge in [-0.3, -0.25) is 4.79 Å². The minimum Gasteiger partial charge on any atom is -0.431 e. The summed E-state index contributed by atoms with van der Waals surface area (Å²) in [6, 6.07) is 7.61. The minimum absolute atomic E-state index is 0.0482. The Labute approximate surface area is 129 Å². The van der Waals surface area contributed by atoms with E-state index in [0.29, 0.717) is 22.5 Å². The molecule has 0 radical (unpaired) electrons. The summed E-state index contributed by atoms with van der Waals surface area (Å²) in [5.41, 5.74) is 2.52. The Bertz CT molecular complexity index is 733. The first kappa shape index (κ1) is 14.1. The molecule has 0 bridgehead atoms. The summed E-state index contributed by atoms with van der Waals surface area (Å²) in [5, 5.41) is 5.92. The number of para-hydroxylation sites is 2. The van der Waals surface area contributed by atoms with E-state index in [0.717, 1.165) is 16.8 Å². The topological polar surface area (TPSA) is 68.0 Å². The fourth-order valence-electron chi connectivity index (χ4n) is 1.74. The number of thiazole rings is 1.